The zero-order chi connectivity index (χ0) is 19.8. The maximum atomic E-state index is 13.2. The third kappa shape index (κ3) is 3.49. The molecule has 0 radical (unpaired) electrons. The summed E-state index contributed by atoms with van der Waals surface area (Å²) in [6, 6.07) is 10.3. The largest absolute Gasteiger partial charge is 0.469 e. The van der Waals surface area contributed by atoms with Gasteiger partial charge in [0.1, 0.15) is 0 Å². The van der Waals surface area contributed by atoms with Gasteiger partial charge in [0, 0.05) is 24.3 Å². The van der Waals surface area contributed by atoms with Crippen molar-refractivity contribution >= 4 is 11.8 Å². The van der Waals surface area contributed by atoms with Crippen molar-refractivity contribution in [3.05, 3.63) is 47.0 Å². The van der Waals surface area contributed by atoms with Gasteiger partial charge in [-0.05, 0) is 42.1 Å². The quantitative estimate of drug-likeness (QED) is 0.663. The zero-order valence-electron chi connectivity index (χ0n) is 17.3. The first kappa shape index (κ1) is 19.9. The van der Waals surface area contributed by atoms with E-state index in [0.29, 0.717) is 12.8 Å². The van der Waals surface area contributed by atoms with Crippen molar-refractivity contribution in [3.63, 3.8) is 0 Å². The highest BCUT2D eigenvalue weighted by Gasteiger charge is 2.53. The molecule has 3 heteroatoms. The summed E-state index contributed by atoms with van der Waals surface area (Å²) in [5.41, 5.74) is 3.11. The fraction of sp³-hybridized carbons (Fsp3) is 0.583. The summed E-state index contributed by atoms with van der Waals surface area (Å²) in [4.78, 5) is 25.4. The highest BCUT2D eigenvalue weighted by molar-refractivity contribution is 6.01. The molecule has 1 fully saturated rings. The van der Waals surface area contributed by atoms with E-state index in [2.05, 4.69) is 39.8 Å². The van der Waals surface area contributed by atoms with E-state index in [1.165, 1.54) is 18.2 Å². The minimum atomic E-state index is -0.277. The molecule has 2 aliphatic carbocycles. The maximum absolute atomic E-state index is 13.2. The van der Waals surface area contributed by atoms with Crippen LogP contribution in [0.2, 0.25) is 0 Å². The average Bonchev–Trinajstić information content (AvgIpc) is 2.93. The molecule has 0 heterocycles. The van der Waals surface area contributed by atoms with Gasteiger partial charge in [0.15, 0.2) is 5.78 Å². The Kier molecular flexibility index (Phi) is 5.33. The molecule has 146 valence electrons. The second kappa shape index (κ2) is 7.26. The van der Waals surface area contributed by atoms with E-state index in [1.807, 2.05) is 18.2 Å². The SMILES string of the molecule is COC(=O)C[C@@H]1C(C)(C)CCC[C@@]1(C)C1=C(C)[C@H](c2ccccc2)CC1=O. The fourth-order valence-corrected chi connectivity index (χ4v) is 5.83. The summed E-state index contributed by atoms with van der Waals surface area (Å²) in [5, 5.41) is 0. The second-order valence-electron chi connectivity index (χ2n) is 9.24. The van der Waals surface area contributed by atoms with Crippen LogP contribution < -0.4 is 0 Å². The summed E-state index contributed by atoms with van der Waals surface area (Å²) in [5.74, 6) is 0.352. The lowest BCUT2D eigenvalue weighted by molar-refractivity contribution is -0.145. The number of carbonyl (C=O) groups excluding carboxylic acids is 2. The van der Waals surface area contributed by atoms with Gasteiger partial charge in [-0.15, -0.1) is 0 Å². The van der Waals surface area contributed by atoms with E-state index in [1.54, 1.807) is 0 Å². The van der Waals surface area contributed by atoms with Gasteiger partial charge in [0.2, 0.25) is 0 Å². The highest BCUT2D eigenvalue weighted by Crippen LogP contribution is 2.59. The molecule has 1 saturated carbocycles. The average molecular weight is 369 g/mol. The molecule has 0 aromatic heterocycles. The monoisotopic (exact) mass is 368 g/mol. The normalized spacial score (nSPS) is 30.5. The van der Waals surface area contributed by atoms with E-state index < -0.39 is 0 Å². The van der Waals surface area contributed by atoms with Gasteiger partial charge >= 0.3 is 5.97 Å². The van der Waals surface area contributed by atoms with Gasteiger partial charge in [-0.3, -0.25) is 9.59 Å². The van der Waals surface area contributed by atoms with Crippen LogP contribution in [-0.4, -0.2) is 18.9 Å². The minimum absolute atomic E-state index is 0.000413. The number of esters is 1. The van der Waals surface area contributed by atoms with Crippen molar-refractivity contribution in [1.82, 2.24) is 0 Å². The second-order valence-corrected chi connectivity index (χ2v) is 9.24. The van der Waals surface area contributed by atoms with Gasteiger partial charge < -0.3 is 4.74 Å². The molecule has 1 aromatic carbocycles. The van der Waals surface area contributed by atoms with Crippen molar-refractivity contribution in [2.75, 3.05) is 7.11 Å². The number of methoxy groups -OCH3 is 1. The number of carbonyl (C=O) groups is 2. The zero-order valence-corrected chi connectivity index (χ0v) is 17.3. The van der Waals surface area contributed by atoms with Crippen LogP contribution in [0.15, 0.2) is 41.5 Å². The van der Waals surface area contributed by atoms with Crippen LogP contribution in [0.1, 0.15) is 71.3 Å². The Morgan fingerprint density at radius 3 is 2.44 bits per heavy atom. The van der Waals surface area contributed by atoms with E-state index in [-0.39, 0.29) is 34.4 Å². The molecule has 0 aliphatic heterocycles. The van der Waals surface area contributed by atoms with Crippen molar-refractivity contribution in [2.24, 2.45) is 16.7 Å². The molecule has 0 amide bonds. The Balaban J connectivity index is 2.05. The number of hydrogen-bond donors (Lipinski definition) is 0. The van der Waals surface area contributed by atoms with Crippen LogP contribution in [0.5, 0.6) is 0 Å². The number of rotatable bonds is 4. The number of allylic oxidation sites excluding steroid dienone is 2. The van der Waals surface area contributed by atoms with Gasteiger partial charge in [-0.25, -0.2) is 0 Å². The number of benzene rings is 1. The summed E-state index contributed by atoms with van der Waals surface area (Å²) >= 11 is 0. The predicted molar refractivity (Wildman–Crippen MR) is 107 cm³/mol. The molecule has 0 N–H and O–H groups in total. The van der Waals surface area contributed by atoms with E-state index in [0.717, 1.165) is 24.8 Å². The number of hydrogen-bond acceptors (Lipinski definition) is 3. The highest BCUT2D eigenvalue weighted by atomic mass is 16.5. The molecular weight excluding hydrogens is 336 g/mol. The number of Topliss-reactive ketones (excluding diaryl/α,β-unsaturated/α-hetero) is 1. The Labute approximate surface area is 163 Å². The summed E-state index contributed by atoms with van der Waals surface area (Å²) < 4.78 is 5.01. The van der Waals surface area contributed by atoms with Gasteiger partial charge in [0.25, 0.3) is 0 Å². The van der Waals surface area contributed by atoms with Crippen molar-refractivity contribution < 1.29 is 14.3 Å². The molecule has 3 nitrogen and oxygen atoms in total. The van der Waals surface area contributed by atoms with Crippen LogP contribution in [0.25, 0.3) is 0 Å². The molecule has 3 atom stereocenters. The first-order valence-electron chi connectivity index (χ1n) is 10.1. The van der Waals surface area contributed by atoms with Crippen molar-refractivity contribution in [2.45, 2.75) is 65.7 Å². The molecule has 2 aliphatic rings. The standard InChI is InChI=1S/C24H32O3/c1-16-18(17-10-7-6-8-11-17)14-19(25)22(16)24(4)13-9-12-23(2,3)20(24)15-21(26)27-5/h6-8,10-11,18,20H,9,12-15H2,1-5H3/t18-,20-,24-/m1/s1. The maximum Gasteiger partial charge on any atom is 0.305 e. The van der Waals surface area contributed by atoms with Crippen LogP contribution in [-0.2, 0) is 14.3 Å². The minimum Gasteiger partial charge on any atom is -0.469 e. The molecule has 27 heavy (non-hydrogen) atoms. The van der Waals surface area contributed by atoms with Gasteiger partial charge in [0.05, 0.1) is 7.11 Å². The third-order valence-electron chi connectivity index (χ3n) is 7.19. The van der Waals surface area contributed by atoms with Crippen LogP contribution in [0.3, 0.4) is 0 Å². The van der Waals surface area contributed by atoms with Crippen LogP contribution in [0.4, 0.5) is 0 Å². The summed E-state index contributed by atoms with van der Waals surface area (Å²) in [7, 11) is 1.45. The fourth-order valence-electron chi connectivity index (χ4n) is 5.83. The van der Waals surface area contributed by atoms with E-state index in [9.17, 15) is 9.59 Å². The van der Waals surface area contributed by atoms with Gasteiger partial charge in [-0.1, -0.05) is 63.1 Å². The Bertz CT molecular complexity index is 759. The molecule has 0 spiro atoms. The third-order valence-corrected chi connectivity index (χ3v) is 7.19. The lowest BCUT2D eigenvalue weighted by Crippen LogP contribution is -2.45. The molecule has 0 unspecified atom stereocenters. The summed E-state index contributed by atoms with van der Waals surface area (Å²) in [6.07, 6.45) is 4.04. The van der Waals surface area contributed by atoms with E-state index in [4.69, 9.17) is 4.74 Å². The first-order chi connectivity index (χ1) is 12.7. The lowest BCUT2D eigenvalue weighted by Gasteiger charge is -2.51. The van der Waals surface area contributed by atoms with E-state index >= 15 is 0 Å². The van der Waals surface area contributed by atoms with Crippen LogP contribution >= 0.6 is 0 Å². The predicted octanol–water partition coefficient (Wildman–Crippen LogP) is 5.46. The Morgan fingerprint density at radius 2 is 1.81 bits per heavy atom. The smallest absolute Gasteiger partial charge is 0.305 e. The van der Waals surface area contributed by atoms with Crippen molar-refractivity contribution in [3.8, 4) is 0 Å². The molecule has 0 bridgehead atoms. The Morgan fingerprint density at radius 1 is 1.15 bits per heavy atom. The van der Waals surface area contributed by atoms with Crippen LogP contribution in [0, 0.1) is 16.7 Å². The topological polar surface area (TPSA) is 43.4 Å². The van der Waals surface area contributed by atoms with Crippen molar-refractivity contribution in [1.29, 1.82) is 0 Å². The molecule has 0 saturated heterocycles. The lowest BCUT2D eigenvalue weighted by atomic mass is 9.52. The number of ketones is 1. The molecule has 1 aromatic rings. The summed E-state index contributed by atoms with van der Waals surface area (Å²) in [6.45, 7) is 8.82. The number of ether oxygens (including phenoxy) is 1. The Hall–Kier alpha value is -1.90. The molecular formula is C24H32O3. The first-order valence-corrected chi connectivity index (χ1v) is 10.1. The van der Waals surface area contributed by atoms with Gasteiger partial charge in [-0.2, -0.15) is 0 Å². The molecule has 3 rings (SSSR count).